The first-order valence-electron chi connectivity index (χ1n) is 5.14. The van der Waals surface area contributed by atoms with Crippen molar-refractivity contribution >= 4 is 11.4 Å². The van der Waals surface area contributed by atoms with E-state index in [1.54, 1.807) is 43.5 Å². The maximum absolute atomic E-state index is 9.53. The lowest BCUT2D eigenvalue weighted by atomic mass is 10.3. The van der Waals surface area contributed by atoms with Gasteiger partial charge in [-0.2, -0.15) is 0 Å². The normalized spacial score (nSPS) is 10.6. The monoisotopic (exact) mass is 228 g/mol. The molecule has 0 saturated carbocycles. The van der Waals surface area contributed by atoms with Crippen LogP contribution in [0.3, 0.4) is 0 Å². The molecule has 4 nitrogen and oxygen atoms in total. The van der Waals surface area contributed by atoms with Gasteiger partial charge in [0, 0.05) is 0 Å². The Morgan fingerprint density at radius 1 is 0.882 bits per heavy atom. The van der Waals surface area contributed by atoms with Gasteiger partial charge in [-0.1, -0.05) is 24.3 Å². The Labute approximate surface area is 99.2 Å². The number of phenolic OH excluding ortho intramolecular Hbond substituents is 1. The van der Waals surface area contributed by atoms with Gasteiger partial charge in [-0.15, -0.1) is 10.2 Å². The fourth-order valence-corrected chi connectivity index (χ4v) is 1.37. The van der Waals surface area contributed by atoms with Crippen LogP contribution >= 0.6 is 0 Å². The molecule has 0 atom stereocenters. The SMILES string of the molecule is COc1ccccc1N=Nc1ccccc1O. The number of hydrogen-bond acceptors (Lipinski definition) is 4. The number of methoxy groups -OCH3 is 1. The second kappa shape index (κ2) is 5.12. The molecule has 0 radical (unpaired) electrons. The van der Waals surface area contributed by atoms with E-state index in [1.165, 1.54) is 0 Å². The highest BCUT2D eigenvalue weighted by Crippen LogP contribution is 2.31. The maximum Gasteiger partial charge on any atom is 0.146 e. The number of para-hydroxylation sites is 2. The molecule has 0 bridgehead atoms. The van der Waals surface area contributed by atoms with E-state index in [9.17, 15) is 5.11 Å². The molecule has 0 aliphatic heterocycles. The second-order valence-corrected chi connectivity index (χ2v) is 3.36. The van der Waals surface area contributed by atoms with E-state index in [1.807, 2.05) is 12.1 Å². The summed E-state index contributed by atoms with van der Waals surface area (Å²) >= 11 is 0. The quantitative estimate of drug-likeness (QED) is 0.812. The van der Waals surface area contributed by atoms with E-state index < -0.39 is 0 Å². The number of benzene rings is 2. The van der Waals surface area contributed by atoms with Crippen molar-refractivity contribution in [2.24, 2.45) is 10.2 Å². The molecule has 0 fully saturated rings. The summed E-state index contributed by atoms with van der Waals surface area (Å²) in [6.45, 7) is 0. The first kappa shape index (κ1) is 11.1. The summed E-state index contributed by atoms with van der Waals surface area (Å²) in [5.74, 6) is 0.748. The van der Waals surface area contributed by atoms with E-state index in [2.05, 4.69) is 10.2 Å². The van der Waals surface area contributed by atoms with Crippen LogP contribution in [0, 0.1) is 0 Å². The summed E-state index contributed by atoms with van der Waals surface area (Å²) in [6, 6.07) is 14.1. The smallest absolute Gasteiger partial charge is 0.146 e. The number of rotatable bonds is 3. The van der Waals surface area contributed by atoms with Crippen LogP contribution in [-0.4, -0.2) is 12.2 Å². The van der Waals surface area contributed by atoms with Crippen molar-refractivity contribution in [1.82, 2.24) is 0 Å². The van der Waals surface area contributed by atoms with Crippen molar-refractivity contribution < 1.29 is 9.84 Å². The van der Waals surface area contributed by atoms with Gasteiger partial charge in [0.15, 0.2) is 0 Å². The molecule has 2 rings (SSSR count). The van der Waals surface area contributed by atoms with Crippen molar-refractivity contribution in [1.29, 1.82) is 0 Å². The van der Waals surface area contributed by atoms with Gasteiger partial charge in [-0.3, -0.25) is 0 Å². The van der Waals surface area contributed by atoms with Gasteiger partial charge in [0.05, 0.1) is 7.11 Å². The first-order chi connectivity index (χ1) is 8.31. The fourth-order valence-electron chi connectivity index (χ4n) is 1.37. The van der Waals surface area contributed by atoms with Crippen LogP contribution in [-0.2, 0) is 0 Å². The van der Waals surface area contributed by atoms with Crippen LogP contribution in [0.1, 0.15) is 0 Å². The summed E-state index contributed by atoms with van der Waals surface area (Å²) in [5, 5.41) is 17.6. The van der Waals surface area contributed by atoms with Gasteiger partial charge in [0.2, 0.25) is 0 Å². The maximum atomic E-state index is 9.53. The highest BCUT2D eigenvalue weighted by Gasteiger charge is 2.00. The molecular weight excluding hydrogens is 216 g/mol. The second-order valence-electron chi connectivity index (χ2n) is 3.36. The molecule has 0 spiro atoms. The van der Waals surface area contributed by atoms with Crippen LogP contribution in [0.15, 0.2) is 58.8 Å². The summed E-state index contributed by atoms with van der Waals surface area (Å²) in [6.07, 6.45) is 0. The molecule has 0 aliphatic rings. The van der Waals surface area contributed by atoms with Crippen molar-refractivity contribution in [2.45, 2.75) is 0 Å². The van der Waals surface area contributed by atoms with E-state index in [-0.39, 0.29) is 5.75 Å². The standard InChI is InChI=1S/C13H12N2O2/c1-17-13-9-5-3-7-11(13)15-14-10-6-2-4-8-12(10)16/h2-9,16H,1H3. The Bertz CT molecular complexity index is 538. The van der Waals surface area contributed by atoms with E-state index in [4.69, 9.17) is 4.74 Å². The van der Waals surface area contributed by atoms with Crippen molar-refractivity contribution in [2.75, 3.05) is 7.11 Å². The molecule has 86 valence electrons. The van der Waals surface area contributed by atoms with Crippen LogP contribution in [0.2, 0.25) is 0 Å². The molecule has 2 aromatic rings. The van der Waals surface area contributed by atoms with E-state index >= 15 is 0 Å². The lowest BCUT2D eigenvalue weighted by Crippen LogP contribution is -1.81. The fraction of sp³-hybridized carbons (Fsp3) is 0.0769. The van der Waals surface area contributed by atoms with Crippen molar-refractivity contribution in [3.63, 3.8) is 0 Å². The minimum Gasteiger partial charge on any atom is -0.506 e. The molecule has 0 unspecified atom stereocenters. The zero-order valence-corrected chi connectivity index (χ0v) is 9.37. The molecular formula is C13H12N2O2. The third-order valence-electron chi connectivity index (χ3n) is 2.23. The Morgan fingerprint density at radius 3 is 2.18 bits per heavy atom. The number of nitrogens with zero attached hydrogens (tertiary/aromatic N) is 2. The van der Waals surface area contributed by atoms with Crippen LogP contribution in [0.25, 0.3) is 0 Å². The van der Waals surface area contributed by atoms with Crippen LogP contribution in [0.4, 0.5) is 11.4 Å². The van der Waals surface area contributed by atoms with Crippen molar-refractivity contribution in [3.8, 4) is 11.5 Å². The average molecular weight is 228 g/mol. The molecule has 0 aromatic heterocycles. The predicted molar refractivity (Wildman–Crippen MR) is 65.3 cm³/mol. The molecule has 0 saturated heterocycles. The Hall–Kier alpha value is -2.36. The number of phenols is 1. The van der Waals surface area contributed by atoms with Gasteiger partial charge in [-0.25, -0.2) is 0 Å². The lowest BCUT2D eigenvalue weighted by molar-refractivity contribution is 0.416. The first-order valence-corrected chi connectivity index (χ1v) is 5.14. The Kier molecular flexibility index (Phi) is 3.35. The predicted octanol–water partition coefficient (Wildman–Crippen LogP) is 3.82. The average Bonchev–Trinajstić information content (AvgIpc) is 2.38. The van der Waals surface area contributed by atoms with E-state index in [0.717, 1.165) is 0 Å². The third-order valence-corrected chi connectivity index (χ3v) is 2.23. The number of ether oxygens (including phenoxy) is 1. The molecule has 0 amide bonds. The van der Waals surface area contributed by atoms with Crippen LogP contribution < -0.4 is 4.74 Å². The summed E-state index contributed by atoms with van der Waals surface area (Å²) < 4.78 is 5.15. The van der Waals surface area contributed by atoms with Crippen LogP contribution in [0.5, 0.6) is 11.5 Å². The molecule has 1 N–H and O–H groups in total. The highest BCUT2D eigenvalue weighted by atomic mass is 16.5. The van der Waals surface area contributed by atoms with E-state index in [0.29, 0.717) is 17.1 Å². The Morgan fingerprint density at radius 2 is 1.47 bits per heavy atom. The zero-order valence-electron chi connectivity index (χ0n) is 9.37. The minimum atomic E-state index is 0.103. The lowest BCUT2D eigenvalue weighted by Gasteiger charge is -2.02. The molecule has 0 heterocycles. The summed E-state index contributed by atoms with van der Waals surface area (Å²) in [7, 11) is 1.58. The van der Waals surface area contributed by atoms with Gasteiger partial charge in [0.1, 0.15) is 22.9 Å². The third kappa shape index (κ3) is 2.60. The Balaban J connectivity index is 2.29. The number of hydrogen-bond donors (Lipinski definition) is 1. The highest BCUT2D eigenvalue weighted by molar-refractivity contribution is 5.53. The number of aromatic hydroxyl groups is 1. The van der Waals surface area contributed by atoms with Gasteiger partial charge >= 0.3 is 0 Å². The largest absolute Gasteiger partial charge is 0.506 e. The molecule has 0 aliphatic carbocycles. The summed E-state index contributed by atoms with van der Waals surface area (Å²) in [5.41, 5.74) is 1.05. The zero-order chi connectivity index (χ0) is 12.1. The van der Waals surface area contributed by atoms with Gasteiger partial charge in [0.25, 0.3) is 0 Å². The molecule has 17 heavy (non-hydrogen) atoms. The minimum absolute atomic E-state index is 0.103. The molecule has 2 aromatic carbocycles. The number of azo groups is 1. The summed E-state index contributed by atoms with van der Waals surface area (Å²) in [4.78, 5) is 0. The van der Waals surface area contributed by atoms with Gasteiger partial charge in [-0.05, 0) is 24.3 Å². The van der Waals surface area contributed by atoms with Gasteiger partial charge < -0.3 is 9.84 Å². The molecule has 4 heteroatoms. The van der Waals surface area contributed by atoms with Crippen molar-refractivity contribution in [3.05, 3.63) is 48.5 Å². The topological polar surface area (TPSA) is 54.2 Å².